The monoisotopic (exact) mass is 339 g/mol. The van der Waals surface area contributed by atoms with E-state index in [0.717, 1.165) is 17.8 Å². The first-order chi connectivity index (χ1) is 12.0. The number of carbonyl (C=O) groups is 1. The molecule has 0 radical (unpaired) electrons. The van der Waals surface area contributed by atoms with Crippen molar-refractivity contribution in [2.24, 2.45) is 24.8 Å². The van der Waals surface area contributed by atoms with Crippen molar-refractivity contribution in [3.63, 3.8) is 0 Å². The van der Waals surface area contributed by atoms with Gasteiger partial charge >= 0.3 is 5.97 Å². The lowest BCUT2D eigenvalue weighted by molar-refractivity contribution is -0.142. The van der Waals surface area contributed by atoms with Gasteiger partial charge in [-0.15, -0.1) is 0 Å². The number of nitrogens with zero attached hydrogens (tertiary/aromatic N) is 2. The van der Waals surface area contributed by atoms with E-state index >= 15 is 0 Å². The fraction of sp³-hybridized carbons (Fsp3) is 0.368. The summed E-state index contributed by atoms with van der Waals surface area (Å²) in [5.41, 5.74) is 1.92. The van der Waals surface area contributed by atoms with Gasteiger partial charge in [0.15, 0.2) is 0 Å². The van der Waals surface area contributed by atoms with E-state index in [2.05, 4.69) is 11.4 Å². The molecule has 2 aliphatic rings. The van der Waals surface area contributed by atoms with Crippen LogP contribution in [0.2, 0.25) is 0 Å². The summed E-state index contributed by atoms with van der Waals surface area (Å²) in [7, 11) is 1.84. The summed E-state index contributed by atoms with van der Waals surface area (Å²) >= 11 is 0. The van der Waals surface area contributed by atoms with Gasteiger partial charge in [0.25, 0.3) is 5.56 Å². The van der Waals surface area contributed by atoms with Crippen LogP contribution in [-0.4, -0.2) is 26.5 Å². The van der Waals surface area contributed by atoms with E-state index in [-0.39, 0.29) is 23.4 Å². The van der Waals surface area contributed by atoms with E-state index < -0.39 is 11.9 Å². The molecule has 0 aliphatic heterocycles. The Bertz CT molecular complexity index is 910. The summed E-state index contributed by atoms with van der Waals surface area (Å²) in [6.45, 7) is 1.88. The van der Waals surface area contributed by atoms with Crippen LogP contribution in [0.15, 0.2) is 47.3 Å². The second-order valence-corrected chi connectivity index (χ2v) is 6.92. The SMILES string of the molecule is Cc1c(NC2C3C=CC(C3)C2C(=O)O)c(=O)n(-c2ccccc2)n1C. The maximum absolute atomic E-state index is 13.0. The van der Waals surface area contributed by atoms with Crippen LogP contribution in [0.25, 0.3) is 5.69 Å². The molecule has 0 spiro atoms. The number of carboxylic acid groups (broad SMARTS) is 1. The van der Waals surface area contributed by atoms with Crippen molar-refractivity contribution >= 4 is 11.7 Å². The molecule has 4 rings (SSSR count). The molecule has 4 unspecified atom stereocenters. The summed E-state index contributed by atoms with van der Waals surface area (Å²) in [6, 6.07) is 9.19. The van der Waals surface area contributed by atoms with Gasteiger partial charge in [-0.25, -0.2) is 4.68 Å². The number of aliphatic carboxylic acids is 1. The summed E-state index contributed by atoms with van der Waals surface area (Å²) in [5, 5.41) is 12.9. The molecule has 25 heavy (non-hydrogen) atoms. The van der Waals surface area contributed by atoms with Gasteiger partial charge in [0.05, 0.1) is 17.3 Å². The Hall–Kier alpha value is -2.76. The topological polar surface area (TPSA) is 76.3 Å². The first kappa shape index (κ1) is 15.7. The molecule has 1 aromatic heterocycles. The summed E-state index contributed by atoms with van der Waals surface area (Å²) in [5.74, 6) is -1.07. The van der Waals surface area contributed by atoms with Crippen molar-refractivity contribution in [2.75, 3.05) is 5.32 Å². The van der Waals surface area contributed by atoms with Crippen LogP contribution in [0.5, 0.6) is 0 Å². The van der Waals surface area contributed by atoms with E-state index in [4.69, 9.17) is 0 Å². The molecular weight excluding hydrogens is 318 g/mol. The normalized spacial score (nSPS) is 27.0. The van der Waals surface area contributed by atoms with Crippen LogP contribution in [0.4, 0.5) is 5.69 Å². The second kappa shape index (κ2) is 5.65. The number of allylic oxidation sites excluding steroid dienone is 1. The van der Waals surface area contributed by atoms with Gasteiger partial charge in [0.1, 0.15) is 5.69 Å². The molecule has 6 nitrogen and oxygen atoms in total. The van der Waals surface area contributed by atoms with Crippen LogP contribution in [0.3, 0.4) is 0 Å². The predicted octanol–water partition coefficient (Wildman–Crippen LogP) is 2.17. The van der Waals surface area contributed by atoms with E-state index in [1.54, 1.807) is 9.36 Å². The molecule has 2 bridgehead atoms. The highest BCUT2D eigenvalue weighted by Crippen LogP contribution is 2.45. The van der Waals surface area contributed by atoms with Gasteiger partial charge in [-0.3, -0.25) is 14.3 Å². The third kappa shape index (κ3) is 2.32. The molecule has 1 heterocycles. The molecular formula is C19H21N3O3. The largest absolute Gasteiger partial charge is 0.481 e. The van der Waals surface area contributed by atoms with Crippen molar-refractivity contribution in [1.82, 2.24) is 9.36 Å². The number of benzene rings is 1. The number of carboxylic acids is 1. The number of fused-ring (bicyclic) bond motifs is 2. The first-order valence-electron chi connectivity index (χ1n) is 8.50. The summed E-state index contributed by atoms with van der Waals surface area (Å²) in [6.07, 6.45) is 4.92. The lowest BCUT2D eigenvalue weighted by Crippen LogP contribution is -2.39. The Morgan fingerprint density at radius 3 is 2.56 bits per heavy atom. The molecule has 6 heteroatoms. The number of hydrogen-bond donors (Lipinski definition) is 2. The van der Waals surface area contributed by atoms with Crippen LogP contribution >= 0.6 is 0 Å². The highest BCUT2D eigenvalue weighted by Gasteiger charge is 2.48. The molecule has 2 aliphatic carbocycles. The van der Waals surface area contributed by atoms with Gasteiger partial charge in [0.2, 0.25) is 0 Å². The quantitative estimate of drug-likeness (QED) is 0.837. The Labute approximate surface area is 145 Å². The molecule has 1 saturated carbocycles. The van der Waals surface area contributed by atoms with Crippen LogP contribution in [0, 0.1) is 24.7 Å². The fourth-order valence-corrected chi connectivity index (χ4v) is 4.26. The lowest BCUT2D eigenvalue weighted by Gasteiger charge is -2.26. The second-order valence-electron chi connectivity index (χ2n) is 6.92. The maximum Gasteiger partial charge on any atom is 0.309 e. The minimum absolute atomic E-state index is 0.0559. The van der Waals surface area contributed by atoms with E-state index in [9.17, 15) is 14.7 Å². The van der Waals surface area contributed by atoms with Crippen molar-refractivity contribution in [2.45, 2.75) is 19.4 Å². The molecule has 4 atom stereocenters. The van der Waals surface area contributed by atoms with Crippen LogP contribution in [-0.2, 0) is 11.8 Å². The third-order valence-electron chi connectivity index (χ3n) is 5.61. The average molecular weight is 339 g/mol. The zero-order valence-corrected chi connectivity index (χ0v) is 14.2. The van der Waals surface area contributed by atoms with Gasteiger partial charge in [0, 0.05) is 13.1 Å². The minimum Gasteiger partial charge on any atom is -0.481 e. The zero-order chi connectivity index (χ0) is 17.7. The van der Waals surface area contributed by atoms with Crippen molar-refractivity contribution in [3.05, 3.63) is 58.5 Å². The highest BCUT2D eigenvalue weighted by molar-refractivity contribution is 5.74. The van der Waals surface area contributed by atoms with E-state index in [1.165, 1.54) is 0 Å². The first-order valence-corrected chi connectivity index (χ1v) is 8.50. The van der Waals surface area contributed by atoms with Gasteiger partial charge in [-0.1, -0.05) is 30.4 Å². The number of aromatic nitrogens is 2. The van der Waals surface area contributed by atoms with Gasteiger partial charge in [-0.2, -0.15) is 0 Å². The smallest absolute Gasteiger partial charge is 0.309 e. The van der Waals surface area contributed by atoms with E-state index in [1.807, 2.05) is 50.4 Å². The summed E-state index contributed by atoms with van der Waals surface area (Å²) in [4.78, 5) is 24.7. The minimum atomic E-state index is -0.800. The Balaban J connectivity index is 1.74. The molecule has 130 valence electrons. The number of para-hydroxylation sites is 1. The number of hydrogen-bond acceptors (Lipinski definition) is 3. The number of nitrogens with one attached hydrogen (secondary N) is 1. The standard InChI is InChI=1S/C19H21N3O3/c1-11-16(18(23)22(21(11)2)14-6-4-3-5-7-14)20-17-13-9-8-12(10-13)15(17)19(24)25/h3-9,12-13,15,17,20H,10H2,1-2H3,(H,24,25). The van der Waals surface area contributed by atoms with Gasteiger partial charge in [-0.05, 0) is 37.3 Å². The van der Waals surface area contributed by atoms with Crippen LogP contribution in [0.1, 0.15) is 12.1 Å². The number of anilines is 1. The van der Waals surface area contributed by atoms with E-state index in [0.29, 0.717) is 5.69 Å². The predicted molar refractivity (Wildman–Crippen MR) is 95.0 cm³/mol. The lowest BCUT2D eigenvalue weighted by atomic mass is 9.89. The molecule has 2 N–H and O–H groups in total. The van der Waals surface area contributed by atoms with Crippen molar-refractivity contribution < 1.29 is 9.90 Å². The third-order valence-corrected chi connectivity index (χ3v) is 5.61. The van der Waals surface area contributed by atoms with Gasteiger partial charge < -0.3 is 10.4 Å². The molecule has 0 saturated heterocycles. The Morgan fingerprint density at radius 2 is 1.88 bits per heavy atom. The Kier molecular flexibility index (Phi) is 3.56. The zero-order valence-electron chi connectivity index (χ0n) is 14.2. The molecule has 0 amide bonds. The number of rotatable bonds is 4. The van der Waals surface area contributed by atoms with Crippen molar-refractivity contribution in [1.29, 1.82) is 0 Å². The highest BCUT2D eigenvalue weighted by atomic mass is 16.4. The molecule has 1 fully saturated rings. The maximum atomic E-state index is 13.0. The fourth-order valence-electron chi connectivity index (χ4n) is 4.26. The molecule has 1 aromatic carbocycles. The average Bonchev–Trinajstić information content (AvgIpc) is 3.25. The Morgan fingerprint density at radius 1 is 1.20 bits per heavy atom. The summed E-state index contributed by atoms with van der Waals surface area (Å²) < 4.78 is 3.41. The van der Waals surface area contributed by atoms with Crippen molar-refractivity contribution in [3.8, 4) is 5.69 Å². The van der Waals surface area contributed by atoms with Crippen LogP contribution < -0.4 is 10.9 Å². The molecule has 2 aromatic rings.